The van der Waals surface area contributed by atoms with Crippen molar-refractivity contribution in [3.63, 3.8) is 0 Å². The van der Waals surface area contributed by atoms with Crippen molar-refractivity contribution in [3.05, 3.63) is 12.2 Å². The quantitative estimate of drug-likeness (QED) is 0.573. The summed E-state index contributed by atoms with van der Waals surface area (Å²) >= 11 is 0. The van der Waals surface area contributed by atoms with Crippen molar-refractivity contribution < 1.29 is 0 Å². The highest BCUT2D eigenvalue weighted by atomic mass is 79.9. The summed E-state index contributed by atoms with van der Waals surface area (Å²) in [7, 11) is 0. The van der Waals surface area contributed by atoms with Gasteiger partial charge < -0.3 is 0 Å². The fraction of sp³-hybridized carbons (Fsp3) is 0.667. The molecule has 0 fully saturated rings. The second-order valence-corrected chi connectivity index (χ2v) is 1.76. The van der Waals surface area contributed by atoms with Crippen molar-refractivity contribution in [1.82, 2.24) is 0 Å². The fourth-order valence-corrected chi connectivity index (χ4v) is 0.760. The van der Waals surface area contributed by atoms with E-state index in [9.17, 15) is 0 Å². The lowest BCUT2D eigenvalue weighted by molar-refractivity contribution is 0.730. The van der Waals surface area contributed by atoms with Crippen LogP contribution < -0.4 is 0 Å². The van der Waals surface area contributed by atoms with Crippen LogP contribution in [0.25, 0.3) is 0 Å². The molecule has 0 radical (unpaired) electrons. The van der Waals surface area contributed by atoms with Gasteiger partial charge in [0.25, 0.3) is 0 Å². The smallest absolute Gasteiger partial charge is 0.0351 e. The lowest BCUT2D eigenvalue weighted by Crippen LogP contribution is -1.77. The van der Waals surface area contributed by atoms with E-state index in [-0.39, 0.29) is 34.0 Å². The summed E-state index contributed by atoms with van der Waals surface area (Å²) in [6, 6.07) is 0. The fourth-order valence-electron chi connectivity index (χ4n) is 0.760. The van der Waals surface area contributed by atoms with Gasteiger partial charge >= 0.3 is 0 Å². The zero-order valence-corrected chi connectivity index (χ0v) is 8.23. The predicted molar refractivity (Wildman–Crippen MR) is 48.3 cm³/mol. The van der Waals surface area contributed by atoms with Crippen LogP contribution in [-0.2, 0) is 0 Å². The van der Waals surface area contributed by atoms with Crippen molar-refractivity contribution in [2.24, 2.45) is 0 Å². The summed E-state index contributed by atoms with van der Waals surface area (Å²) in [6.45, 7) is 0. The van der Waals surface area contributed by atoms with Crippen LogP contribution in [0.1, 0.15) is 25.7 Å². The molecule has 0 nitrogen and oxygen atoms in total. The van der Waals surface area contributed by atoms with Crippen molar-refractivity contribution in [2.75, 3.05) is 0 Å². The van der Waals surface area contributed by atoms with E-state index < -0.39 is 0 Å². The van der Waals surface area contributed by atoms with Gasteiger partial charge in [0.05, 0.1) is 0 Å². The zero-order valence-electron chi connectivity index (χ0n) is 4.80. The molecule has 0 spiro atoms. The van der Waals surface area contributed by atoms with Crippen LogP contribution in [0.3, 0.4) is 0 Å². The number of rotatable bonds is 0. The van der Waals surface area contributed by atoms with Gasteiger partial charge in [0.2, 0.25) is 0 Å². The molecule has 0 bridgehead atoms. The van der Waals surface area contributed by atoms with E-state index in [1.165, 1.54) is 25.7 Å². The first-order chi connectivity index (χ1) is 3.00. The first kappa shape index (κ1) is 11.5. The second-order valence-electron chi connectivity index (χ2n) is 1.76. The van der Waals surface area contributed by atoms with Crippen LogP contribution in [0.5, 0.6) is 0 Å². The Morgan fingerprint density at radius 3 is 1.25 bits per heavy atom. The van der Waals surface area contributed by atoms with Gasteiger partial charge in [-0.25, -0.2) is 0 Å². The Labute approximate surface area is 71.9 Å². The van der Waals surface area contributed by atoms with Crippen LogP contribution >= 0.6 is 34.0 Å². The topological polar surface area (TPSA) is 0 Å². The molecule has 0 saturated carbocycles. The summed E-state index contributed by atoms with van der Waals surface area (Å²) in [5, 5.41) is 0. The lowest BCUT2D eigenvalue weighted by Gasteiger charge is -1.97. The predicted octanol–water partition coefficient (Wildman–Crippen LogP) is 3.27. The third kappa shape index (κ3) is 4.85. The van der Waals surface area contributed by atoms with E-state index in [1.807, 2.05) is 0 Å². The van der Waals surface area contributed by atoms with Gasteiger partial charge in [-0.1, -0.05) is 12.2 Å². The van der Waals surface area contributed by atoms with Crippen molar-refractivity contribution in [3.8, 4) is 0 Å². The molecule has 0 heterocycles. The highest BCUT2D eigenvalue weighted by Crippen LogP contribution is 2.07. The Morgan fingerprint density at radius 1 is 0.750 bits per heavy atom. The number of hydrogen-bond donors (Lipinski definition) is 0. The van der Waals surface area contributed by atoms with Gasteiger partial charge in [0, 0.05) is 0 Å². The molecule has 0 atom stereocenters. The maximum absolute atomic E-state index is 2.27. The van der Waals surface area contributed by atoms with Crippen molar-refractivity contribution in [1.29, 1.82) is 0 Å². The number of hydrogen-bond acceptors (Lipinski definition) is 0. The Kier molecular flexibility index (Phi) is 11.1. The molecule has 1 rings (SSSR count). The molecule has 0 unspecified atom stereocenters. The van der Waals surface area contributed by atoms with E-state index in [4.69, 9.17) is 0 Å². The van der Waals surface area contributed by atoms with E-state index in [1.54, 1.807) is 0 Å². The van der Waals surface area contributed by atoms with E-state index in [0.717, 1.165) is 0 Å². The SMILES string of the molecule is Br.Br.C1=CCCCC1. The minimum absolute atomic E-state index is 0. The molecule has 0 aromatic carbocycles. The van der Waals surface area contributed by atoms with Crippen LogP contribution in [0.2, 0.25) is 0 Å². The summed E-state index contributed by atoms with van der Waals surface area (Å²) in [5.74, 6) is 0. The maximum atomic E-state index is 2.27. The Hall–Kier alpha value is 0.700. The van der Waals surface area contributed by atoms with Gasteiger partial charge in [-0.3, -0.25) is 0 Å². The average Bonchev–Trinajstić information content (AvgIpc) is 1.72. The summed E-state index contributed by atoms with van der Waals surface area (Å²) in [4.78, 5) is 0. The van der Waals surface area contributed by atoms with E-state index >= 15 is 0 Å². The Balaban J connectivity index is 0. The minimum Gasteiger partial charge on any atom is -0.114 e. The first-order valence-electron chi connectivity index (χ1n) is 2.65. The Bertz CT molecular complexity index is 51.5. The highest BCUT2D eigenvalue weighted by Gasteiger charge is 1.87. The zero-order chi connectivity index (χ0) is 4.24. The van der Waals surface area contributed by atoms with Gasteiger partial charge in [0.15, 0.2) is 0 Å². The number of halogens is 2. The highest BCUT2D eigenvalue weighted by molar-refractivity contribution is 8.93. The van der Waals surface area contributed by atoms with Gasteiger partial charge in [0.1, 0.15) is 0 Å². The summed E-state index contributed by atoms with van der Waals surface area (Å²) in [6.07, 6.45) is 10.0. The first-order valence-corrected chi connectivity index (χ1v) is 2.65. The van der Waals surface area contributed by atoms with Gasteiger partial charge in [-0.05, 0) is 25.7 Å². The molecular weight excluding hydrogens is 232 g/mol. The molecular formula is C6H12Br2. The van der Waals surface area contributed by atoms with Gasteiger partial charge in [-0.2, -0.15) is 0 Å². The van der Waals surface area contributed by atoms with Crippen LogP contribution in [0.4, 0.5) is 0 Å². The molecule has 0 saturated heterocycles. The molecule has 0 aromatic heterocycles. The standard InChI is InChI=1S/C6H10.2BrH/c1-2-4-6-5-3-1;;/h1-2H,3-6H2;2*1H. The average molecular weight is 244 g/mol. The number of allylic oxidation sites excluding steroid dienone is 2. The molecule has 0 aromatic rings. The second kappa shape index (κ2) is 7.70. The normalized spacial score (nSPS) is 16.0. The molecule has 2 heteroatoms. The molecule has 0 N–H and O–H groups in total. The molecule has 8 heavy (non-hydrogen) atoms. The molecule has 0 amide bonds. The summed E-state index contributed by atoms with van der Waals surface area (Å²) in [5.41, 5.74) is 0. The molecule has 1 aliphatic carbocycles. The largest absolute Gasteiger partial charge is 0.114 e. The van der Waals surface area contributed by atoms with E-state index in [0.29, 0.717) is 0 Å². The van der Waals surface area contributed by atoms with Gasteiger partial charge in [-0.15, -0.1) is 34.0 Å². The monoisotopic (exact) mass is 242 g/mol. The third-order valence-electron chi connectivity index (χ3n) is 1.16. The molecule has 0 aliphatic heterocycles. The van der Waals surface area contributed by atoms with Crippen LogP contribution in [0, 0.1) is 0 Å². The van der Waals surface area contributed by atoms with Crippen molar-refractivity contribution >= 4 is 34.0 Å². The molecule has 50 valence electrons. The lowest BCUT2D eigenvalue weighted by atomic mass is 10.1. The Morgan fingerprint density at radius 2 is 1.12 bits per heavy atom. The van der Waals surface area contributed by atoms with E-state index in [2.05, 4.69) is 12.2 Å². The molecule has 1 aliphatic rings. The van der Waals surface area contributed by atoms with Crippen LogP contribution in [-0.4, -0.2) is 0 Å². The maximum Gasteiger partial charge on any atom is -0.0351 e. The summed E-state index contributed by atoms with van der Waals surface area (Å²) < 4.78 is 0. The third-order valence-corrected chi connectivity index (χ3v) is 1.16. The minimum atomic E-state index is 0. The van der Waals surface area contributed by atoms with Crippen LogP contribution in [0.15, 0.2) is 12.2 Å². The van der Waals surface area contributed by atoms with Crippen molar-refractivity contribution in [2.45, 2.75) is 25.7 Å².